The van der Waals surface area contributed by atoms with Gasteiger partial charge in [-0.2, -0.15) is 0 Å². The Morgan fingerprint density at radius 3 is 2.71 bits per heavy atom. The molecule has 0 aromatic heterocycles. The zero-order valence-corrected chi connectivity index (χ0v) is 13.9. The Balaban J connectivity index is 1.81. The molecule has 126 valence electrons. The number of benzene rings is 2. The summed E-state index contributed by atoms with van der Waals surface area (Å²) >= 11 is 0. The first kappa shape index (κ1) is 16.3. The maximum atomic E-state index is 11.1. The van der Waals surface area contributed by atoms with Gasteiger partial charge in [-0.25, -0.2) is 4.79 Å². The van der Waals surface area contributed by atoms with E-state index in [-0.39, 0.29) is 11.6 Å². The van der Waals surface area contributed by atoms with Crippen LogP contribution in [0.15, 0.2) is 42.5 Å². The first-order chi connectivity index (χ1) is 11.6. The fourth-order valence-corrected chi connectivity index (χ4v) is 2.98. The molecule has 0 fully saturated rings. The molecule has 1 N–H and O–H groups in total. The largest absolute Gasteiger partial charge is 0.497 e. The molecule has 0 amide bonds. The second kappa shape index (κ2) is 6.93. The van der Waals surface area contributed by atoms with Crippen LogP contribution < -0.4 is 9.47 Å². The molecular formula is C19H21NO4. The molecule has 1 aliphatic rings. The Bertz CT molecular complexity index is 727. The van der Waals surface area contributed by atoms with Gasteiger partial charge in [-0.1, -0.05) is 18.2 Å². The lowest BCUT2D eigenvalue weighted by Gasteiger charge is -2.27. The Morgan fingerprint density at radius 2 is 2.04 bits per heavy atom. The third-order valence-corrected chi connectivity index (χ3v) is 4.44. The van der Waals surface area contributed by atoms with Gasteiger partial charge >= 0.3 is 5.97 Å². The summed E-state index contributed by atoms with van der Waals surface area (Å²) in [5.74, 6) is 0.575. The van der Waals surface area contributed by atoms with Crippen LogP contribution in [0.3, 0.4) is 0 Å². The molecule has 2 aromatic carbocycles. The Kier molecular flexibility index (Phi) is 4.71. The zero-order valence-electron chi connectivity index (χ0n) is 13.9. The fourth-order valence-electron chi connectivity index (χ4n) is 2.98. The molecule has 0 bridgehead atoms. The van der Waals surface area contributed by atoms with Crippen LogP contribution in [0.25, 0.3) is 0 Å². The summed E-state index contributed by atoms with van der Waals surface area (Å²) in [4.78, 5) is 13.5. The van der Waals surface area contributed by atoms with Gasteiger partial charge < -0.3 is 14.6 Å². The molecule has 1 heterocycles. The average molecular weight is 327 g/mol. The third-order valence-electron chi connectivity index (χ3n) is 4.44. The highest BCUT2D eigenvalue weighted by Gasteiger charge is 2.24. The van der Waals surface area contributed by atoms with E-state index in [1.807, 2.05) is 18.2 Å². The monoisotopic (exact) mass is 327 g/mol. The van der Waals surface area contributed by atoms with Gasteiger partial charge in [0.15, 0.2) is 0 Å². The number of carbonyl (C=O) groups is 1. The molecule has 5 heteroatoms. The summed E-state index contributed by atoms with van der Waals surface area (Å²) in [5, 5.41) is 9.14. The molecule has 0 saturated heterocycles. The Labute approximate surface area is 141 Å². The number of rotatable bonds is 4. The van der Waals surface area contributed by atoms with Crippen molar-refractivity contribution in [3.63, 3.8) is 0 Å². The van der Waals surface area contributed by atoms with Gasteiger partial charge in [0.05, 0.1) is 12.7 Å². The summed E-state index contributed by atoms with van der Waals surface area (Å²) in [6, 6.07) is 13.3. The molecule has 0 radical (unpaired) electrons. The van der Waals surface area contributed by atoms with Crippen molar-refractivity contribution in [3.05, 3.63) is 59.2 Å². The molecule has 1 atom stereocenters. The minimum atomic E-state index is -0.937. The summed E-state index contributed by atoms with van der Waals surface area (Å²) in [6.07, 6.45) is 0. The van der Waals surface area contributed by atoms with Gasteiger partial charge in [0, 0.05) is 24.7 Å². The van der Waals surface area contributed by atoms with Gasteiger partial charge in [0.2, 0.25) is 0 Å². The molecular weight excluding hydrogens is 306 g/mol. The SMILES string of the molecule is COc1ccc(CN2CCOc3cc(C(=O)O)ccc3[C@H]2C)cc1. The summed E-state index contributed by atoms with van der Waals surface area (Å²) in [5.41, 5.74) is 2.48. The van der Waals surface area contributed by atoms with E-state index >= 15 is 0 Å². The second-order valence-corrected chi connectivity index (χ2v) is 5.90. The minimum Gasteiger partial charge on any atom is -0.497 e. The molecule has 0 saturated carbocycles. The average Bonchev–Trinajstić information content (AvgIpc) is 2.75. The molecule has 5 nitrogen and oxygen atoms in total. The van der Waals surface area contributed by atoms with Crippen LogP contribution in [0.5, 0.6) is 11.5 Å². The van der Waals surface area contributed by atoms with E-state index in [4.69, 9.17) is 14.6 Å². The maximum Gasteiger partial charge on any atom is 0.335 e. The lowest BCUT2D eigenvalue weighted by Crippen LogP contribution is -2.28. The van der Waals surface area contributed by atoms with Gasteiger partial charge in [-0.3, -0.25) is 4.90 Å². The van der Waals surface area contributed by atoms with Crippen LogP contribution in [-0.2, 0) is 6.54 Å². The number of carboxylic acid groups (broad SMARTS) is 1. The van der Waals surface area contributed by atoms with Gasteiger partial charge in [0.25, 0.3) is 0 Å². The van der Waals surface area contributed by atoms with Crippen molar-refractivity contribution in [3.8, 4) is 11.5 Å². The van der Waals surface area contributed by atoms with E-state index in [9.17, 15) is 4.79 Å². The summed E-state index contributed by atoms with van der Waals surface area (Å²) in [7, 11) is 1.66. The fraction of sp³-hybridized carbons (Fsp3) is 0.316. The highest BCUT2D eigenvalue weighted by Crippen LogP contribution is 2.33. The number of fused-ring (bicyclic) bond motifs is 1. The smallest absolute Gasteiger partial charge is 0.335 e. The van der Waals surface area contributed by atoms with Gasteiger partial charge in [-0.05, 0) is 36.8 Å². The quantitative estimate of drug-likeness (QED) is 0.933. The molecule has 0 spiro atoms. The topological polar surface area (TPSA) is 59.0 Å². The lowest BCUT2D eigenvalue weighted by molar-refractivity contribution is 0.0696. The van der Waals surface area contributed by atoms with E-state index in [1.54, 1.807) is 19.2 Å². The van der Waals surface area contributed by atoms with Crippen molar-refractivity contribution >= 4 is 5.97 Å². The summed E-state index contributed by atoms with van der Waals surface area (Å²) < 4.78 is 11.0. The van der Waals surface area contributed by atoms with Crippen LogP contribution in [0.4, 0.5) is 0 Å². The van der Waals surface area contributed by atoms with Crippen LogP contribution in [0, 0.1) is 0 Å². The van der Waals surface area contributed by atoms with E-state index < -0.39 is 5.97 Å². The molecule has 1 aliphatic heterocycles. The van der Waals surface area contributed by atoms with Crippen molar-refractivity contribution in [2.24, 2.45) is 0 Å². The maximum absolute atomic E-state index is 11.1. The molecule has 24 heavy (non-hydrogen) atoms. The molecule has 0 aliphatic carbocycles. The van der Waals surface area contributed by atoms with Crippen LogP contribution in [0.1, 0.15) is 34.5 Å². The van der Waals surface area contributed by atoms with E-state index in [2.05, 4.69) is 24.0 Å². The highest BCUT2D eigenvalue weighted by molar-refractivity contribution is 5.88. The number of carboxylic acids is 1. The Hall–Kier alpha value is -2.53. The molecule has 2 aromatic rings. The van der Waals surface area contributed by atoms with Crippen LogP contribution in [-0.4, -0.2) is 36.2 Å². The van der Waals surface area contributed by atoms with Crippen molar-refractivity contribution in [1.29, 1.82) is 0 Å². The number of nitrogens with zero attached hydrogens (tertiary/aromatic N) is 1. The predicted molar refractivity (Wildman–Crippen MR) is 90.7 cm³/mol. The van der Waals surface area contributed by atoms with Gasteiger partial charge in [-0.15, -0.1) is 0 Å². The van der Waals surface area contributed by atoms with E-state index in [0.717, 1.165) is 24.4 Å². The first-order valence-corrected chi connectivity index (χ1v) is 7.95. The van der Waals surface area contributed by atoms with Crippen molar-refractivity contribution in [2.45, 2.75) is 19.5 Å². The normalized spacial score (nSPS) is 17.5. The van der Waals surface area contributed by atoms with Crippen LogP contribution >= 0.6 is 0 Å². The lowest BCUT2D eigenvalue weighted by atomic mass is 10.0. The van der Waals surface area contributed by atoms with Gasteiger partial charge in [0.1, 0.15) is 18.1 Å². The first-order valence-electron chi connectivity index (χ1n) is 7.95. The molecule has 0 unspecified atom stereocenters. The number of hydrogen-bond donors (Lipinski definition) is 1. The number of ether oxygens (including phenoxy) is 2. The minimum absolute atomic E-state index is 0.146. The van der Waals surface area contributed by atoms with Crippen molar-refractivity contribution in [1.82, 2.24) is 4.90 Å². The summed E-state index contributed by atoms with van der Waals surface area (Å²) in [6.45, 7) is 4.24. The van der Waals surface area contributed by atoms with Crippen molar-refractivity contribution in [2.75, 3.05) is 20.3 Å². The third kappa shape index (κ3) is 3.36. The molecule has 3 rings (SSSR count). The number of aromatic carboxylic acids is 1. The zero-order chi connectivity index (χ0) is 17.1. The van der Waals surface area contributed by atoms with Crippen LogP contribution in [0.2, 0.25) is 0 Å². The number of hydrogen-bond acceptors (Lipinski definition) is 4. The highest BCUT2D eigenvalue weighted by atomic mass is 16.5. The van der Waals surface area contributed by atoms with E-state index in [0.29, 0.717) is 12.4 Å². The Morgan fingerprint density at radius 1 is 1.29 bits per heavy atom. The van der Waals surface area contributed by atoms with E-state index in [1.165, 1.54) is 5.56 Å². The predicted octanol–water partition coefficient (Wildman–Crippen LogP) is 3.35. The van der Waals surface area contributed by atoms with Crippen molar-refractivity contribution < 1.29 is 19.4 Å². The second-order valence-electron chi connectivity index (χ2n) is 5.90. The number of methoxy groups -OCH3 is 1. The standard InChI is InChI=1S/C19H21NO4/c1-13-17-8-5-15(19(21)22)11-18(17)24-10-9-20(13)12-14-3-6-16(23-2)7-4-14/h3-8,11,13H,9-10,12H2,1-2H3,(H,21,22)/t13-/m1/s1.